The van der Waals surface area contributed by atoms with E-state index in [1.165, 1.54) is 0 Å². The third-order valence-corrected chi connectivity index (χ3v) is 5.85. The zero-order valence-electron chi connectivity index (χ0n) is 16.4. The Bertz CT molecular complexity index is 951. The number of nitrogens with one attached hydrogen (secondary N) is 2. The van der Waals surface area contributed by atoms with Gasteiger partial charge in [-0.3, -0.25) is 9.52 Å². The van der Waals surface area contributed by atoms with Gasteiger partial charge in [0, 0.05) is 23.2 Å². The summed E-state index contributed by atoms with van der Waals surface area (Å²) in [6.07, 6.45) is 3.51. The molecule has 0 aromatic heterocycles. The van der Waals surface area contributed by atoms with Crippen LogP contribution < -0.4 is 14.8 Å². The fraction of sp³-hybridized carbons (Fsp3) is 0.381. The van der Waals surface area contributed by atoms with Crippen LogP contribution in [0.3, 0.4) is 0 Å². The van der Waals surface area contributed by atoms with Crippen molar-refractivity contribution in [1.29, 1.82) is 0 Å². The Morgan fingerprint density at radius 2 is 1.75 bits per heavy atom. The Morgan fingerprint density at radius 1 is 1.11 bits per heavy atom. The quantitative estimate of drug-likeness (QED) is 0.768. The first-order valence-corrected chi connectivity index (χ1v) is 11.3. The van der Waals surface area contributed by atoms with Gasteiger partial charge in [0.1, 0.15) is 11.4 Å². The highest BCUT2D eigenvalue weighted by Crippen LogP contribution is 2.42. The van der Waals surface area contributed by atoms with Crippen LogP contribution in [0.15, 0.2) is 48.5 Å². The van der Waals surface area contributed by atoms with Crippen molar-refractivity contribution in [2.45, 2.75) is 44.8 Å². The van der Waals surface area contributed by atoms with Gasteiger partial charge in [0.25, 0.3) is 5.91 Å². The van der Waals surface area contributed by atoms with Gasteiger partial charge in [0.05, 0.1) is 12.3 Å². The largest absolute Gasteiger partial charge is 0.487 e. The van der Waals surface area contributed by atoms with E-state index in [9.17, 15) is 13.2 Å². The van der Waals surface area contributed by atoms with E-state index >= 15 is 0 Å². The number of carbonyl (C=O) groups is 1. The van der Waals surface area contributed by atoms with Crippen LogP contribution in [0, 0.1) is 0 Å². The van der Waals surface area contributed by atoms with Gasteiger partial charge in [0.2, 0.25) is 10.0 Å². The molecule has 2 aromatic rings. The first-order valence-electron chi connectivity index (χ1n) is 9.42. The van der Waals surface area contributed by atoms with Crippen molar-refractivity contribution in [3.63, 3.8) is 0 Å². The molecule has 0 spiro atoms. The summed E-state index contributed by atoms with van der Waals surface area (Å²) in [4.78, 5) is 12.8. The molecule has 0 fully saturated rings. The van der Waals surface area contributed by atoms with Crippen molar-refractivity contribution < 1.29 is 17.9 Å². The fourth-order valence-corrected chi connectivity index (χ4v) is 4.14. The Hall–Kier alpha value is -2.54. The van der Waals surface area contributed by atoms with Crippen molar-refractivity contribution in [2.24, 2.45) is 0 Å². The van der Waals surface area contributed by atoms with Gasteiger partial charge in [-0.25, -0.2) is 8.42 Å². The SMILES string of the molecule is CCC1(CC)C[C@H](NC(=O)c2ccc(NS(C)(=O)=O)cc2)c2ccccc2O1. The first-order chi connectivity index (χ1) is 13.3. The Labute approximate surface area is 166 Å². The van der Waals surface area contributed by atoms with Gasteiger partial charge < -0.3 is 10.1 Å². The summed E-state index contributed by atoms with van der Waals surface area (Å²) < 4.78 is 31.3. The van der Waals surface area contributed by atoms with Crippen LogP contribution in [0.1, 0.15) is 55.1 Å². The molecule has 1 atom stereocenters. The van der Waals surface area contributed by atoms with Crippen molar-refractivity contribution >= 4 is 21.6 Å². The second-order valence-electron chi connectivity index (χ2n) is 7.21. The van der Waals surface area contributed by atoms with Crippen LogP contribution >= 0.6 is 0 Å². The summed E-state index contributed by atoms with van der Waals surface area (Å²) >= 11 is 0. The molecule has 6 nitrogen and oxygen atoms in total. The highest BCUT2D eigenvalue weighted by molar-refractivity contribution is 7.92. The molecule has 28 heavy (non-hydrogen) atoms. The van der Waals surface area contributed by atoms with Crippen LogP contribution in [-0.2, 0) is 10.0 Å². The summed E-state index contributed by atoms with van der Waals surface area (Å²) in [6.45, 7) is 4.20. The molecule has 150 valence electrons. The lowest BCUT2D eigenvalue weighted by Crippen LogP contribution is -2.44. The van der Waals surface area contributed by atoms with Crippen LogP contribution in [0.4, 0.5) is 5.69 Å². The number of rotatable bonds is 6. The number of para-hydroxylation sites is 1. The average Bonchev–Trinajstić information content (AvgIpc) is 2.67. The number of carbonyl (C=O) groups excluding carboxylic acids is 1. The second kappa shape index (κ2) is 7.83. The number of hydrogen-bond acceptors (Lipinski definition) is 4. The first kappa shape index (κ1) is 20.2. The van der Waals surface area contributed by atoms with E-state index in [1.807, 2.05) is 24.3 Å². The molecule has 0 aliphatic carbocycles. The molecule has 1 heterocycles. The van der Waals surface area contributed by atoms with E-state index < -0.39 is 10.0 Å². The summed E-state index contributed by atoms with van der Waals surface area (Å²) in [7, 11) is -3.35. The molecular weight excluding hydrogens is 376 g/mol. The van der Waals surface area contributed by atoms with Crippen LogP contribution in [0.2, 0.25) is 0 Å². The number of hydrogen-bond donors (Lipinski definition) is 2. The van der Waals surface area contributed by atoms with Crippen molar-refractivity contribution in [3.8, 4) is 5.75 Å². The predicted molar refractivity (Wildman–Crippen MR) is 110 cm³/mol. The van der Waals surface area contributed by atoms with Crippen molar-refractivity contribution in [2.75, 3.05) is 11.0 Å². The molecule has 1 aliphatic rings. The van der Waals surface area contributed by atoms with E-state index in [4.69, 9.17) is 4.74 Å². The molecular formula is C21H26N2O4S. The molecule has 1 aliphatic heterocycles. The zero-order chi connectivity index (χ0) is 20.4. The predicted octanol–water partition coefficient (Wildman–Crippen LogP) is 3.87. The maximum absolute atomic E-state index is 12.8. The maximum atomic E-state index is 12.8. The minimum Gasteiger partial charge on any atom is -0.487 e. The topological polar surface area (TPSA) is 84.5 Å². The average molecular weight is 403 g/mol. The molecule has 0 saturated heterocycles. The molecule has 2 N–H and O–H groups in total. The molecule has 0 bridgehead atoms. The standard InChI is InChI=1S/C21H26N2O4S/c1-4-21(5-2)14-18(17-8-6-7-9-19(17)27-21)22-20(24)15-10-12-16(13-11-15)23-28(3,25)26/h6-13,18,23H,4-5,14H2,1-3H3,(H,22,24)/t18-/m0/s1. The van der Waals surface area contributed by atoms with Gasteiger partial charge >= 0.3 is 0 Å². The molecule has 2 aromatic carbocycles. The Kier molecular flexibility index (Phi) is 5.65. The minimum atomic E-state index is -3.35. The summed E-state index contributed by atoms with van der Waals surface area (Å²) in [5, 5.41) is 3.12. The fourth-order valence-electron chi connectivity index (χ4n) is 3.58. The lowest BCUT2D eigenvalue weighted by Gasteiger charge is -2.41. The second-order valence-corrected chi connectivity index (χ2v) is 8.96. The monoisotopic (exact) mass is 402 g/mol. The number of sulfonamides is 1. The summed E-state index contributed by atoms with van der Waals surface area (Å²) in [6, 6.07) is 14.0. The van der Waals surface area contributed by atoms with Crippen molar-refractivity contribution in [1.82, 2.24) is 5.32 Å². The van der Waals surface area contributed by atoms with Gasteiger partial charge in [-0.05, 0) is 43.2 Å². The molecule has 0 saturated carbocycles. The third kappa shape index (κ3) is 4.47. The molecule has 0 radical (unpaired) electrons. The number of fused-ring (bicyclic) bond motifs is 1. The van der Waals surface area contributed by atoms with E-state index in [0.29, 0.717) is 17.7 Å². The summed E-state index contributed by atoms with van der Waals surface area (Å²) in [5.41, 5.74) is 1.58. The highest BCUT2D eigenvalue weighted by Gasteiger charge is 2.38. The van der Waals surface area contributed by atoms with E-state index in [0.717, 1.165) is 30.4 Å². The van der Waals surface area contributed by atoms with E-state index in [-0.39, 0.29) is 17.6 Å². The minimum absolute atomic E-state index is 0.147. The lowest BCUT2D eigenvalue weighted by molar-refractivity contribution is 0.0227. The molecule has 7 heteroatoms. The lowest BCUT2D eigenvalue weighted by atomic mass is 9.83. The number of benzene rings is 2. The highest BCUT2D eigenvalue weighted by atomic mass is 32.2. The Morgan fingerprint density at radius 3 is 2.36 bits per heavy atom. The summed E-state index contributed by atoms with van der Waals surface area (Å²) in [5.74, 6) is 0.615. The number of ether oxygens (including phenoxy) is 1. The third-order valence-electron chi connectivity index (χ3n) is 5.24. The molecule has 3 rings (SSSR count). The van der Waals surface area contributed by atoms with Gasteiger partial charge in [-0.2, -0.15) is 0 Å². The van der Waals surface area contributed by atoms with Gasteiger partial charge in [-0.1, -0.05) is 32.0 Å². The van der Waals surface area contributed by atoms with Crippen molar-refractivity contribution in [3.05, 3.63) is 59.7 Å². The van der Waals surface area contributed by atoms with E-state index in [2.05, 4.69) is 23.9 Å². The van der Waals surface area contributed by atoms with Gasteiger partial charge in [0.15, 0.2) is 0 Å². The normalized spacial score (nSPS) is 17.9. The molecule has 0 unspecified atom stereocenters. The maximum Gasteiger partial charge on any atom is 0.251 e. The van der Waals surface area contributed by atoms with Gasteiger partial charge in [-0.15, -0.1) is 0 Å². The molecule has 1 amide bonds. The number of amides is 1. The number of anilines is 1. The van der Waals surface area contributed by atoms with Crippen LogP contribution in [0.25, 0.3) is 0 Å². The van der Waals surface area contributed by atoms with Crippen LogP contribution in [0.5, 0.6) is 5.75 Å². The zero-order valence-corrected chi connectivity index (χ0v) is 17.2. The smallest absolute Gasteiger partial charge is 0.251 e. The van der Waals surface area contributed by atoms with E-state index in [1.54, 1.807) is 24.3 Å². The van der Waals surface area contributed by atoms with Crippen LogP contribution in [-0.4, -0.2) is 26.2 Å². The Balaban J connectivity index is 1.81.